The van der Waals surface area contributed by atoms with E-state index in [0.29, 0.717) is 28.6 Å². The quantitative estimate of drug-likeness (QED) is 0.530. The number of unbranched alkanes of at least 4 members (excludes halogenated alkanes) is 1. The van der Waals surface area contributed by atoms with Crippen LogP contribution in [0, 0.1) is 0 Å². The maximum Gasteiger partial charge on any atom is 0.257 e. The summed E-state index contributed by atoms with van der Waals surface area (Å²) in [4.78, 5) is 12.3. The fourth-order valence-electron chi connectivity index (χ4n) is 2.12. The Hall–Kier alpha value is -2.31. The Bertz CT molecular complexity index is 766. The number of thiocarbonyl (C=S) groups is 1. The van der Waals surface area contributed by atoms with E-state index in [4.69, 9.17) is 33.3 Å². The number of amides is 1. The normalized spacial score (nSPS) is 10.1. The van der Waals surface area contributed by atoms with Crippen molar-refractivity contribution in [1.82, 2.24) is 5.32 Å². The predicted octanol–water partition coefficient (Wildman–Crippen LogP) is 4.65. The van der Waals surface area contributed by atoms with Gasteiger partial charge < -0.3 is 14.8 Å². The molecule has 0 aromatic heterocycles. The topological polar surface area (TPSA) is 59.6 Å². The molecule has 5 nitrogen and oxygen atoms in total. The number of carbonyl (C=O) groups is 1. The lowest BCUT2D eigenvalue weighted by Gasteiger charge is -2.11. The van der Waals surface area contributed by atoms with Crippen LogP contribution in [0.4, 0.5) is 5.69 Å². The lowest BCUT2D eigenvalue weighted by Crippen LogP contribution is -2.34. The zero-order valence-corrected chi connectivity index (χ0v) is 16.2. The number of hydrogen-bond donors (Lipinski definition) is 2. The average molecular weight is 393 g/mol. The summed E-state index contributed by atoms with van der Waals surface area (Å²) in [6.45, 7) is 2.77. The van der Waals surface area contributed by atoms with Crippen molar-refractivity contribution in [2.45, 2.75) is 19.8 Å². The van der Waals surface area contributed by atoms with Gasteiger partial charge in [0.15, 0.2) is 5.11 Å². The van der Waals surface area contributed by atoms with Crippen LogP contribution < -0.4 is 20.1 Å². The van der Waals surface area contributed by atoms with Gasteiger partial charge >= 0.3 is 0 Å². The Kier molecular flexibility index (Phi) is 7.69. The Balaban J connectivity index is 1.90. The van der Waals surface area contributed by atoms with E-state index in [-0.39, 0.29) is 11.0 Å². The molecule has 0 aliphatic heterocycles. The fraction of sp³-hybridized carbons (Fsp3) is 0.263. The van der Waals surface area contributed by atoms with Gasteiger partial charge in [-0.1, -0.05) is 24.9 Å². The summed E-state index contributed by atoms with van der Waals surface area (Å²) < 4.78 is 10.7. The summed E-state index contributed by atoms with van der Waals surface area (Å²) in [7, 11) is 1.54. The molecule has 0 aliphatic carbocycles. The van der Waals surface area contributed by atoms with Crippen LogP contribution in [0.2, 0.25) is 5.02 Å². The van der Waals surface area contributed by atoms with Gasteiger partial charge in [-0.3, -0.25) is 10.1 Å². The molecule has 2 aromatic rings. The van der Waals surface area contributed by atoms with Gasteiger partial charge in [0.1, 0.15) is 11.5 Å². The summed E-state index contributed by atoms with van der Waals surface area (Å²) >= 11 is 11.2. The molecule has 2 rings (SSSR count). The molecule has 0 bridgehead atoms. The molecule has 0 saturated carbocycles. The third-order valence-electron chi connectivity index (χ3n) is 3.52. The number of nitrogens with one attached hydrogen (secondary N) is 2. The highest BCUT2D eigenvalue weighted by atomic mass is 35.5. The van der Waals surface area contributed by atoms with Gasteiger partial charge in [-0.05, 0) is 61.1 Å². The van der Waals surface area contributed by atoms with E-state index in [1.807, 2.05) is 0 Å². The number of methoxy groups -OCH3 is 1. The van der Waals surface area contributed by atoms with Crippen LogP contribution in [0.25, 0.3) is 0 Å². The number of benzene rings is 2. The molecule has 0 heterocycles. The summed E-state index contributed by atoms with van der Waals surface area (Å²) in [5.74, 6) is 0.999. The number of hydrogen-bond acceptors (Lipinski definition) is 4. The van der Waals surface area contributed by atoms with Crippen molar-refractivity contribution in [2.75, 3.05) is 19.0 Å². The molecule has 0 aliphatic rings. The molecule has 0 saturated heterocycles. The molecule has 138 valence electrons. The van der Waals surface area contributed by atoms with Crippen LogP contribution >= 0.6 is 23.8 Å². The molecule has 26 heavy (non-hydrogen) atoms. The van der Waals surface area contributed by atoms with Crippen molar-refractivity contribution in [3.63, 3.8) is 0 Å². The van der Waals surface area contributed by atoms with Crippen LogP contribution in [0.15, 0.2) is 42.5 Å². The number of rotatable bonds is 7. The Morgan fingerprint density at radius 3 is 2.54 bits per heavy atom. The van der Waals surface area contributed by atoms with E-state index in [2.05, 4.69) is 17.6 Å². The zero-order chi connectivity index (χ0) is 18.9. The predicted molar refractivity (Wildman–Crippen MR) is 109 cm³/mol. The Morgan fingerprint density at radius 2 is 1.92 bits per heavy atom. The van der Waals surface area contributed by atoms with Gasteiger partial charge in [0.05, 0.1) is 18.7 Å². The lowest BCUT2D eigenvalue weighted by atomic mass is 10.2. The third kappa shape index (κ3) is 5.89. The number of halogens is 1. The highest BCUT2D eigenvalue weighted by Crippen LogP contribution is 2.27. The van der Waals surface area contributed by atoms with Gasteiger partial charge in [-0.2, -0.15) is 0 Å². The number of ether oxygens (including phenoxy) is 2. The molecular weight excluding hydrogens is 372 g/mol. The van der Waals surface area contributed by atoms with Crippen molar-refractivity contribution < 1.29 is 14.3 Å². The van der Waals surface area contributed by atoms with Gasteiger partial charge in [0.25, 0.3) is 5.91 Å². The maximum atomic E-state index is 12.3. The van der Waals surface area contributed by atoms with Crippen LogP contribution in [-0.4, -0.2) is 24.7 Å². The molecule has 0 spiro atoms. The highest BCUT2D eigenvalue weighted by Gasteiger charge is 2.09. The summed E-state index contributed by atoms with van der Waals surface area (Å²) in [5, 5.41) is 6.18. The minimum Gasteiger partial charge on any atom is -0.495 e. The van der Waals surface area contributed by atoms with Gasteiger partial charge in [0, 0.05) is 11.3 Å². The lowest BCUT2D eigenvalue weighted by molar-refractivity contribution is 0.0977. The first-order chi connectivity index (χ1) is 12.5. The number of carbonyl (C=O) groups excluding carboxylic acids is 1. The second-order valence-corrected chi connectivity index (χ2v) is 6.30. The molecular formula is C19H21ClN2O3S. The molecule has 0 radical (unpaired) electrons. The van der Waals surface area contributed by atoms with E-state index >= 15 is 0 Å². The molecule has 7 heteroatoms. The molecule has 0 atom stereocenters. The highest BCUT2D eigenvalue weighted by molar-refractivity contribution is 7.80. The second-order valence-electron chi connectivity index (χ2n) is 5.48. The van der Waals surface area contributed by atoms with E-state index in [9.17, 15) is 4.79 Å². The molecule has 0 fully saturated rings. The maximum absolute atomic E-state index is 12.3. The standard InChI is InChI=1S/C19H21ClN2O3S/c1-3-4-11-25-15-8-5-13(6-9-15)18(23)22-19(26)21-14-7-10-17(24-2)16(20)12-14/h5-10,12H,3-4,11H2,1-2H3,(H2,21,22,23,26). The zero-order valence-electron chi connectivity index (χ0n) is 14.7. The third-order valence-corrected chi connectivity index (χ3v) is 4.02. The van der Waals surface area contributed by atoms with Gasteiger partial charge in [0.2, 0.25) is 0 Å². The Labute approximate surface area is 163 Å². The van der Waals surface area contributed by atoms with E-state index < -0.39 is 0 Å². The SMILES string of the molecule is CCCCOc1ccc(C(=O)NC(=S)Nc2ccc(OC)c(Cl)c2)cc1. The molecule has 0 unspecified atom stereocenters. The van der Waals surface area contributed by atoms with Crippen molar-refractivity contribution in [3.05, 3.63) is 53.1 Å². The molecule has 2 N–H and O–H groups in total. The van der Waals surface area contributed by atoms with Crippen molar-refractivity contribution >= 4 is 40.5 Å². The fourth-order valence-corrected chi connectivity index (χ4v) is 2.59. The van der Waals surface area contributed by atoms with Crippen molar-refractivity contribution in [1.29, 1.82) is 0 Å². The smallest absolute Gasteiger partial charge is 0.257 e. The monoisotopic (exact) mass is 392 g/mol. The van der Waals surface area contributed by atoms with Crippen LogP contribution in [-0.2, 0) is 0 Å². The van der Waals surface area contributed by atoms with Gasteiger partial charge in [-0.25, -0.2) is 0 Å². The van der Waals surface area contributed by atoms with Crippen molar-refractivity contribution in [2.24, 2.45) is 0 Å². The largest absolute Gasteiger partial charge is 0.495 e. The summed E-state index contributed by atoms with van der Waals surface area (Å²) in [6, 6.07) is 12.1. The van der Waals surface area contributed by atoms with Crippen molar-refractivity contribution in [3.8, 4) is 11.5 Å². The first-order valence-electron chi connectivity index (χ1n) is 8.22. The first kappa shape index (κ1) is 20.0. The van der Waals surface area contributed by atoms with Gasteiger partial charge in [-0.15, -0.1) is 0 Å². The van der Waals surface area contributed by atoms with Crippen LogP contribution in [0.5, 0.6) is 11.5 Å². The van der Waals surface area contributed by atoms with E-state index in [1.54, 1.807) is 49.6 Å². The minimum absolute atomic E-state index is 0.180. The second kappa shape index (κ2) is 9.99. The van der Waals surface area contributed by atoms with Crippen LogP contribution in [0.3, 0.4) is 0 Å². The first-order valence-corrected chi connectivity index (χ1v) is 9.01. The molecule has 1 amide bonds. The summed E-state index contributed by atoms with van der Waals surface area (Å²) in [5.41, 5.74) is 1.14. The van der Waals surface area contributed by atoms with Crippen LogP contribution in [0.1, 0.15) is 30.1 Å². The summed E-state index contributed by atoms with van der Waals surface area (Å²) in [6.07, 6.45) is 2.07. The Morgan fingerprint density at radius 1 is 1.19 bits per heavy atom. The number of anilines is 1. The average Bonchev–Trinajstić information content (AvgIpc) is 2.62. The molecule has 2 aromatic carbocycles. The van der Waals surface area contributed by atoms with E-state index in [0.717, 1.165) is 18.6 Å². The minimum atomic E-state index is -0.304. The van der Waals surface area contributed by atoms with E-state index in [1.165, 1.54) is 0 Å².